The van der Waals surface area contributed by atoms with Gasteiger partial charge < -0.3 is 15.5 Å². The standard InChI is InChI=1S/C25H28N4O3/c26-12-11-17-5-1-4-16-7-3-13-28(23(16)17)14-18-6-2-8-19-20(18)15-29(25(19)32)21-9-10-22(30)27-24(21)31/h1-2,4-6,8,21H,3,7,9-15,26H2,(H,27,30,31). The number of nitrogens with one attached hydrogen (secondary N) is 1. The fraction of sp³-hybridized carbons (Fsp3) is 0.400. The quantitative estimate of drug-likeness (QED) is 0.704. The molecule has 3 aliphatic heterocycles. The Balaban J connectivity index is 1.43. The number of para-hydroxylation sites is 1. The summed E-state index contributed by atoms with van der Waals surface area (Å²) >= 11 is 0. The summed E-state index contributed by atoms with van der Waals surface area (Å²) in [4.78, 5) is 41.1. The second-order valence-corrected chi connectivity index (χ2v) is 8.83. The van der Waals surface area contributed by atoms with Crippen molar-refractivity contribution in [2.24, 2.45) is 5.73 Å². The minimum atomic E-state index is -0.590. The first-order valence-corrected chi connectivity index (χ1v) is 11.4. The van der Waals surface area contributed by atoms with Crippen LogP contribution in [0.5, 0.6) is 0 Å². The van der Waals surface area contributed by atoms with Gasteiger partial charge in [0.05, 0.1) is 0 Å². The van der Waals surface area contributed by atoms with Gasteiger partial charge in [-0.2, -0.15) is 0 Å². The number of amides is 3. The van der Waals surface area contributed by atoms with Crippen LogP contribution in [0.25, 0.3) is 0 Å². The van der Waals surface area contributed by atoms with Crippen molar-refractivity contribution in [2.75, 3.05) is 18.0 Å². The Bertz CT molecular complexity index is 1100. The van der Waals surface area contributed by atoms with E-state index < -0.39 is 6.04 Å². The summed E-state index contributed by atoms with van der Waals surface area (Å²) < 4.78 is 0. The van der Waals surface area contributed by atoms with Gasteiger partial charge in [-0.15, -0.1) is 0 Å². The lowest BCUT2D eigenvalue weighted by Gasteiger charge is -2.34. The first-order chi connectivity index (χ1) is 15.6. The molecule has 7 heteroatoms. The van der Waals surface area contributed by atoms with Crippen LogP contribution in [0.2, 0.25) is 0 Å². The van der Waals surface area contributed by atoms with Crippen molar-refractivity contribution >= 4 is 23.4 Å². The zero-order valence-corrected chi connectivity index (χ0v) is 18.1. The van der Waals surface area contributed by atoms with E-state index in [4.69, 9.17) is 5.73 Å². The van der Waals surface area contributed by atoms with E-state index in [0.29, 0.717) is 31.6 Å². The number of carbonyl (C=O) groups excluding carboxylic acids is 3. The van der Waals surface area contributed by atoms with Crippen LogP contribution in [0.1, 0.15) is 51.9 Å². The Labute approximate surface area is 187 Å². The number of hydrogen-bond acceptors (Lipinski definition) is 5. The number of rotatable bonds is 5. The molecule has 3 amide bonds. The molecule has 32 heavy (non-hydrogen) atoms. The first kappa shape index (κ1) is 20.7. The summed E-state index contributed by atoms with van der Waals surface area (Å²) in [7, 11) is 0. The summed E-state index contributed by atoms with van der Waals surface area (Å²) in [5.41, 5.74) is 12.6. The number of nitrogens with zero attached hydrogens (tertiary/aromatic N) is 2. The molecule has 2 aromatic carbocycles. The van der Waals surface area contributed by atoms with Crippen LogP contribution in [0.15, 0.2) is 36.4 Å². The monoisotopic (exact) mass is 432 g/mol. The largest absolute Gasteiger partial charge is 0.367 e. The SMILES string of the molecule is NCCc1cccc2c1N(Cc1cccc3c1CN(C1CCC(=O)NC1=O)C3=O)CCC2. The zero-order valence-electron chi connectivity index (χ0n) is 18.1. The highest BCUT2D eigenvalue weighted by molar-refractivity contribution is 6.05. The maximum Gasteiger partial charge on any atom is 0.255 e. The molecule has 5 rings (SSSR count). The molecule has 2 aromatic rings. The van der Waals surface area contributed by atoms with Crippen LogP contribution in [0, 0.1) is 0 Å². The first-order valence-electron chi connectivity index (χ1n) is 11.4. The number of benzene rings is 2. The zero-order chi connectivity index (χ0) is 22.2. The van der Waals surface area contributed by atoms with Gasteiger partial charge in [-0.25, -0.2) is 0 Å². The van der Waals surface area contributed by atoms with E-state index in [1.165, 1.54) is 16.8 Å². The molecular formula is C25H28N4O3. The lowest BCUT2D eigenvalue weighted by molar-refractivity contribution is -0.136. The third kappa shape index (κ3) is 3.56. The maximum absolute atomic E-state index is 13.1. The van der Waals surface area contributed by atoms with Crippen molar-refractivity contribution in [1.29, 1.82) is 0 Å². The normalized spacial score (nSPS) is 20.3. The van der Waals surface area contributed by atoms with E-state index in [2.05, 4.69) is 34.5 Å². The number of nitrogens with two attached hydrogens (primary N) is 1. The molecule has 1 atom stereocenters. The minimum Gasteiger partial charge on any atom is -0.367 e. The van der Waals surface area contributed by atoms with E-state index in [-0.39, 0.29) is 24.1 Å². The number of aryl methyl sites for hydroxylation is 1. The van der Waals surface area contributed by atoms with Gasteiger partial charge in [0.1, 0.15) is 6.04 Å². The molecule has 3 N–H and O–H groups in total. The van der Waals surface area contributed by atoms with E-state index in [1.54, 1.807) is 4.90 Å². The summed E-state index contributed by atoms with van der Waals surface area (Å²) in [5.74, 6) is -0.771. The van der Waals surface area contributed by atoms with Crippen molar-refractivity contribution in [3.05, 3.63) is 64.2 Å². The predicted octanol–water partition coefficient (Wildman–Crippen LogP) is 1.90. The van der Waals surface area contributed by atoms with E-state index in [9.17, 15) is 14.4 Å². The van der Waals surface area contributed by atoms with Gasteiger partial charge in [0.15, 0.2) is 0 Å². The van der Waals surface area contributed by atoms with Crippen LogP contribution < -0.4 is 16.0 Å². The molecule has 0 bridgehead atoms. The van der Waals surface area contributed by atoms with Crippen molar-refractivity contribution in [2.45, 2.75) is 51.2 Å². The smallest absolute Gasteiger partial charge is 0.255 e. The number of carbonyl (C=O) groups is 3. The Morgan fingerprint density at radius 1 is 1.03 bits per heavy atom. The van der Waals surface area contributed by atoms with Crippen LogP contribution in [-0.4, -0.2) is 41.8 Å². The van der Waals surface area contributed by atoms with Crippen LogP contribution in [-0.2, 0) is 35.5 Å². The number of piperidine rings is 1. The highest BCUT2D eigenvalue weighted by Gasteiger charge is 2.40. The topological polar surface area (TPSA) is 95.7 Å². The Morgan fingerprint density at radius 3 is 2.66 bits per heavy atom. The van der Waals surface area contributed by atoms with Crippen LogP contribution in [0.4, 0.5) is 5.69 Å². The lowest BCUT2D eigenvalue weighted by Crippen LogP contribution is -2.52. The lowest BCUT2D eigenvalue weighted by atomic mass is 9.95. The summed E-state index contributed by atoms with van der Waals surface area (Å²) in [6.45, 7) is 2.69. The van der Waals surface area contributed by atoms with Gasteiger partial charge in [-0.1, -0.05) is 30.3 Å². The van der Waals surface area contributed by atoms with Crippen molar-refractivity contribution in [3.8, 4) is 0 Å². The number of anilines is 1. The summed E-state index contributed by atoms with van der Waals surface area (Å²) in [5, 5.41) is 2.37. The van der Waals surface area contributed by atoms with Gasteiger partial charge in [-0.05, 0) is 60.5 Å². The molecule has 166 valence electrons. The molecule has 0 spiro atoms. The Morgan fingerprint density at radius 2 is 1.84 bits per heavy atom. The van der Waals surface area contributed by atoms with Gasteiger partial charge >= 0.3 is 0 Å². The van der Waals surface area contributed by atoms with Gasteiger partial charge in [0.25, 0.3) is 5.91 Å². The van der Waals surface area contributed by atoms with E-state index >= 15 is 0 Å². The second-order valence-electron chi connectivity index (χ2n) is 8.83. The third-order valence-corrected chi connectivity index (χ3v) is 6.85. The predicted molar refractivity (Wildman–Crippen MR) is 121 cm³/mol. The molecule has 3 aliphatic rings. The highest BCUT2D eigenvalue weighted by atomic mass is 16.2. The molecular weight excluding hydrogens is 404 g/mol. The molecule has 3 heterocycles. The number of hydrogen-bond donors (Lipinski definition) is 2. The fourth-order valence-corrected chi connectivity index (χ4v) is 5.34. The molecule has 0 aliphatic carbocycles. The molecule has 0 saturated carbocycles. The van der Waals surface area contributed by atoms with Crippen LogP contribution in [0.3, 0.4) is 0 Å². The molecule has 1 saturated heterocycles. The Hall–Kier alpha value is -3.19. The fourth-order valence-electron chi connectivity index (χ4n) is 5.34. The average molecular weight is 433 g/mol. The van der Waals surface area contributed by atoms with E-state index in [1.807, 2.05) is 12.1 Å². The molecule has 0 aromatic heterocycles. The van der Waals surface area contributed by atoms with E-state index in [0.717, 1.165) is 36.9 Å². The van der Waals surface area contributed by atoms with Crippen molar-refractivity contribution in [3.63, 3.8) is 0 Å². The van der Waals surface area contributed by atoms with Gasteiger partial charge in [-0.3, -0.25) is 19.7 Å². The molecule has 7 nitrogen and oxygen atoms in total. The van der Waals surface area contributed by atoms with Crippen molar-refractivity contribution < 1.29 is 14.4 Å². The number of imide groups is 1. The van der Waals surface area contributed by atoms with Crippen LogP contribution >= 0.6 is 0 Å². The third-order valence-electron chi connectivity index (χ3n) is 6.85. The summed E-state index contributed by atoms with van der Waals surface area (Å²) in [6, 6.07) is 11.7. The maximum atomic E-state index is 13.1. The molecule has 0 radical (unpaired) electrons. The summed E-state index contributed by atoms with van der Waals surface area (Å²) in [6.07, 6.45) is 3.64. The van der Waals surface area contributed by atoms with Gasteiger partial charge in [0, 0.05) is 37.3 Å². The van der Waals surface area contributed by atoms with Gasteiger partial charge in [0.2, 0.25) is 11.8 Å². The average Bonchev–Trinajstić information content (AvgIpc) is 3.12. The van der Waals surface area contributed by atoms with Crippen molar-refractivity contribution in [1.82, 2.24) is 10.2 Å². The molecule has 1 unspecified atom stereocenters. The number of fused-ring (bicyclic) bond motifs is 2. The Kier molecular flexibility index (Phi) is 5.43. The highest BCUT2D eigenvalue weighted by Crippen LogP contribution is 2.35. The molecule has 1 fully saturated rings. The second kappa shape index (κ2) is 8.39. The minimum absolute atomic E-state index is 0.126.